The summed E-state index contributed by atoms with van der Waals surface area (Å²) >= 11 is 0. The fraction of sp³-hybridized carbons (Fsp3) is 0.346. The third-order valence-electron chi connectivity index (χ3n) is 7.32. The standard InChI is InChI=1S/C26H25N5O5/c1-30-21-12-17(14-7-9-36-10-8-14)19(11-15(21)13-27-30)28-18-4-2-3-16-23(18)26(35)31(25(16)34)20-5-6-22(32)29-24(20)33/h2-4,11-14,20,28H,5-10H2,1H3,(H,29,32,33). The van der Waals surface area contributed by atoms with Crippen LogP contribution < -0.4 is 10.6 Å². The number of imide groups is 2. The molecule has 4 heterocycles. The highest BCUT2D eigenvalue weighted by Crippen LogP contribution is 2.39. The van der Waals surface area contributed by atoms with Gasteiger partial charge in [0.25, 0.3) is 11.8 Å². The molecule has 10 nitrogen and oxygen atoms in total. The summed E-state index contributed by atoms with van der Waals surface area (Å²) in [4.78, 5) is 51.8. The van der Waals surface area contributed by atoms with E-state index in [1.807, 2.05) is 17.8 Å². The molecule has 36 heavy (non-hydrogen) atoms. The predicted molar refractivity (Wildman–Crippen MR) is 130 cm³/mol. The van der Waals surface area contributed by atoms with Crippen molar-refractivity contribution in [2.24, 2.45) is 7.05 Å². The van der Waals surface area contributed by atoms with Crippen molar-refractivity contribution in [3.63, 3.8) is 0 Å². The number of aromatic nitrogens is 2. The molecule has 1 unspecified atom stereocenters. The molecule has 0 saturated carbocycles. The topological polar surface area (TPSA) is 123 Å². The lowest BCUT2D eigenvalue weighted by molar-refractivity contribution is -0.136. The van der Waals surface area contributed by atoms with Crippen LogP contribution in [0.5, 0.6) is 0 Å². The number of nitrogens with zero attached hydrogens (tertiary/aromatic N) is 3. The van der Waals surface area contributed by atoms with Gasteiger partial charge in [0.2, 0.25) is 11.8 Å². The van der Waals surface area contributed by atoms with Crippen molar-refractivity contribution in [3.8, 4) is 0 Å². The van der Waals surface area contributed by atoms with E-state index in [9.17, 15) is 19.2 Å². The molecule has 2 N–H and O–H groups in total. The van der Waals surface area contributed by atoms with Crippen molar-refractivity contribution in [1.29, 1.82) is 0 Å². The zero-order chi connectivity index (χ0) is 25.0. The minimum Gasteiger partial charge on any atom is -0.381 e. The number of anilines is 2. The summed E-state index contributed by atoms with van der Waals surface area (Å²) in [5.41, 5.74) is 3.93. The van der Waals surface area contributed by atoms with Crippen molar-refractivity contribution in [1.82, 2.24) is 20.0 Å². The van der Waals surface area contributed by atoms with Gasteiger partial charge in [-0.15, -0.1) is 0 Å². The molecule has 3 aliphatic rings. The average molecular weight is 488 g/mol. The fourth-order valence-electron chi connectivity index (χ4n) is 5.43. The lowest BCUT2D eigenvalue weighted by Gasteiger charge is -2.28. The van der Waals surface area contributed by atoms with Gasteiger partial charge in [0.15, 0.2) is 0 Å². The number of rotatable bonds is 4. The van der Waals surface area contributed by atoms with Crippen molar-refractivity contribution in [2.75, 3.05) is 18.5 Å². The number of benzene rings is 2. The van der Waals surface area contributed by atoms with E-state index in [2.05, 4.69) is 21.8 Å². The number of aryl methyl sites for hydroxylation is 1. The molecule has 0 aliphatic carbocycles. The Balaban J connectivity index is 1.39. The number of carbonyl (C=O) groups excluding carboxylic acids is 4. The van der Waals surface area contributed by atoms with Crippen LogP contribution in [0.1, 0.15) is 57.9 Å². The van der Waals surface area contributed by atoms with Crippen molar-refractivity contribution in [2.45, 2.75) is 37.6 Å². The molecule has 2 fully saturated rings. The van der Waals surface area contributed by atoms with Crippen LogP contribution in [0, 0.1) is 0 Å². The lowest BCUT2D eigenvalue weighted by Crippen LogP contribution is -2.54. The quantitative estimate of drug-likeness (QED) is 0.543. The minimum absolute atomic E-state index is 0.0779. The van der Waals surface area contributed by atoms with Crippen molar-refractivity contribution in [3.05, 3.63) is 53.2 Å². The fourth-order valence-corrected chi connectivity index (χ4v) is 5.43. The van der Waals surface area contributed by atoms with E-state index in [0.29, 0.717) is 18.9 Å². The van der Waals surface area contributed by atoms with E-state index in [1.54, 1.807) is 24.4 Å². The molecule has 10 heteroatoms. The SMILES string of the molecule is Cn1ncc2cc(Nc3cccc4c3C(=O)N(C3CCC(=O)NC3=O)C4=O)c(C3CCOCC3)cc21. The first-order valence-corrected chi connectivity index (χ1v) is 12.1. The predicted octanol–water partition coefficient (Wildman–Crippen LogP) is 2.61. The molecule has 2 saturated heterocycles. The largest absolute Gasteiger partial charge is 0.381 e. The van der Waals surface area contributed by atoms with Crippen molar-refractivity contribution < 1.29 is 23.9 Å². The Morgan fingerprint density at radius 1 is 1.03 bits per heavy atom. The van der Waals surface area contributed by atoms with Gasteiger partial charge in [-0.2, -0.15) is 5.10 Å². The highest BCUT2D eigenvalue weighted by molar-refractivity contribution is 6.25. The van der Waals surface area contributed by atoms with Crippen LogP contribution in [0.3, 0.4) is 0 Å². The Labute approximate surface area is 206 Å². The number of carbonyl (C=O) groups is 4. The molecule has 0 bridgehead atoms. The Morgan fingerprint density at radius 3 is 2.61 bits per heavy atom. The molecule has 6 rings (SSSR count). The second-order valence-corrected chi connectivity index (χ2v) is 9.45. The number of amides is 4. The Kier molecular flexibility index (Phi) is 5.33. The van der Waals surface area contributed by atoms with Gasteiger partial charge in [-0.3, -0.25) is 34.1 Å². The van der Waals surface area contributed by atoms with Gasteiger partial charge in [-0.05, 0) is 55.0 Å². The third-order valence-corrected chi connectivity index (χ3v) is 7.32. The average Bonchev–Trinajstić information content (AvgIpc) is 3.36. The van der Waals surface area contributed by atoms with Crippen LogP contribution in [0.25, 0.3) is 10.9 Å². The molecule has 0 spiro atoms. The van der Waals surface area contributed by atoms with Gasteiger partial charge in [-0.1, -0.05) is 6.07 Å². The molecular weight excluding hydrogens is 462 g/mol. The number of piperidine rings is 1. The Morgan fingerprint density at radius 2 is 1.83 bits per heavy atom. The summed E-state index contributed by atoms with van der Waals surface area (Å²) in [6.45, 7) is 1.37. The highest BCUT2D eigenvalue weighted by Gasteiger charge is 2.45. The van der Waals surface area contributed by atoms with Crippen LogP contribution in [0.15, 0.2) is 36.5 Å². The maximum absolute atomic E-state index is 13.5. The molecule has 3 aromatic rings. The molecule has 184 valence electrons. The van der Waals surface area contributed by atoms with Crippen LogP contribution >= 0.6 is 0 Å². The summed E-state index contributed by atoms with van der Waals surface area (Å²) in [5.74, 6) is -1.82. The Hall–Kier alpha value is -4.05. The zero-order valence-electron chi connectivity index (χ0n) is 19.7. The van der Waals surface area contributed by atoms with E-state index >= 15 is 0 Å². The summed E-state index contributed by atoms with van der Waals surface area (Å²) < 4.78 is 7.40. The van der Waals surface area contributed by atoms with Crippen LogP contribution in [0.2, 0.25) is 0 Å². The van der Waals surface area contributed by atoms with Gasteiger partial charge in [0.1, 0.15) is 6.04 Å². The van der Waals surface area contributed by atoms with Crippen LogP contribution in [-0.4, -0.2) is 57.6 Å². The zero-order valence-corrected chi connectivity index (χ0v) is 19.7. The first-order chi connectivity index (χ1) is 17.4. The first kappa shape index (κ1) is 22.4. The third kappa shape index (κ3) is 3.56. The smallest absolute Gasteiger partial charge is 0.264 e. The molecule has 1 atom stereocenters. The van der Waals surface area contributed by atoms with E-state index < -0.39 is 29.7 Å². The van der Waals surface area contributed by atoms with Gasteiger partial charge >= 0.3 is 0 Å². The molecule has 3 aliphatic heterocycles. The summed E-state index contributed by atoms with van der Waals surface area (Å²) in [5, 5.41) is 11.0. The summed E-state index contributed by atoms with van der Waals surface area (Å²) in [7, 11) is 1.90. The number of hydrogen-bond donors (Lipinski definition) is 2. The summed E-state index contributed by atoms with van der Waals surface area (Å²) in [6, 6.07) is 8.22. The molecule has 0 radical (unpaired) electrons. The van der Waals surface area contributed by atoms with E-state index in [0.717, 1.165) is 39.9 Å². The second-order valence-electron chi connectivity index (χ2n) is 9.45. The van der Waals surface area contributed by atoms with Crippen LogP contribution in [0.4, 0.5) is 11.4 Å². The maximum atomic E-state index is 13.5. The van der Waals surface area contributed by atoms with Gasteiger partial charge in [0, 0.05) is 37.8 Å². The number of hydrogen-bond acceptors (Lipinski definition) is 7. The molecule has 2 aromatic carbocycles. The van der Waals surface area contributed by atoms with Crippen molar-refractivity contribution >= 4 is 45.9 Å². The first-order valence-electron chi connectivity index (χ1n) is 12.1. The Bertz CT molecular complexity index is 1440. The molecular formula is C26H25N5O5. The summed E-state index contributed by atoms with van der Waals surface area (Å²) in [6.07, 6.45) is 3.75. The molecule has 1 aromatic heterocycles. The second kappa shape index (κ2) is 8.56. The highest BCUT2D eigenvalue weighted by atomic mass is 16.5. The normalized spacial score (nSPS) is 20.7. The monoisotopic (exact) mass is 487 g/mol. The maximum Gasteiger partial charge on any atom is 0.264 e. The van der Waals surface area contributed by atoms with Gasteiger partial charge in [0.05, 0.1) is 28.5 Å². The molecule has 4 amide bonds. The van der Waals surface area contributed by atoms with E-state index in [4.69, 9.17) is 4.74 Å². The minimum atomic E-state index is -1.01. The number of fused-ring (bicyclic) bond motifs is 2. The lowest BCUT2D eigenvalue weighted by atomic mass is 9.89. The van der Waals surface area contributed by atoms with E-state index in [1.165, 1.54) is 0 Å². The number of ether oxygens (including phenoxy) is 1. The van der Waals surface area contributed by atoms with Crippen LogP contribution in [-0.2, 0) is 21.4 Å². The van der Waals surface area contributed by atoms with Gasteiger partial charge in [-0.25, -0.2) is 0 Å². The van der Waals surface area contributed by atoms with E-state index in [-0.39, 0.29) is 29.9 Å². The number of nitrogens with one attached hydrogen (secondary N) is 2. The van der Waals surface area contributed by atoms with Gasteiger partial charge < -0.3 is 10.1 Å².